The zero-order chi connectivity index (χ0) is 18.7. The van der Waals surface area contributed by atoms with Gasteiger partial charge in [-0.25, -0.2) is 9.78 Å². The lowest BCUT2D eigenvalue weighted by Crippen LogP contribution is -2.37. The highest BCUT2D eigenvalue weighted by atomic mass is 35.5. The summed E-state index contributed by atoms with van der Waals surface area (Å²) in [5, 5.41) is 6.40. The Morgan fingerprint density at radius 1 is 1.19 bits per heavy atom. The van der Waals surface area contributed by atoms with Crippen LogP contribution in [0.3, 0.4) is 0 Å². The minimum Gasteiger partial charge on any atom is -0.338 e. The van der Waals surface area contributed by atoms with E-state index in [-0.39, 0.29) is 5.91 Å². The van der Waals surface area contributed by atoms with E-state index in [0.29, 0.717) is 32.3 Å². The van der Waals surface area contributed by atoms with E-state index in [0.717, 1.165) is 25.9 Å². The van der Waals surface area contributed by atoms with Crippen LogP contribution >= 0.6 is 22.9 Å². The Balaban J connectivity index is 1.63. The quantitative estimate of drug-likeness (QED) is 0.800. The van der Waals surface area contributed by atoms with Crippen LogP contribution in [0.15, 0.2) is 24.3 Å². The summed E-state index contributed by atoms with van der Waals surface area (Å²) in [6.07, 6.45) is 2.05. The average molecular weight is 393 g/mol. The molecule has 0 atom stereocenters. The smallest absolute Gasteiger partial charge is 0.325 e. The number of piperidine rings is 1. The molecular formula is C18H21ClN4O2S. The van der Waals surface area contributed by atoms with Gasteiger partial charge in [-0.1, -0.05) is 29.9 Å². The van der Waals surface area contributed by atoms with Crippen molar-refractivity contribution in [3.63, 3.8) is 0 Å². The largest absolute Gasteiger partial charge is 0.338 e. The molecule has 0 saturated carbocycles. The van der Waals surface area contributed by atoms with Gasteiger partial charge in [0.1, 0.15) is 4.88 Å². The zero-order valence-corrected chi connectivity index (χ0v) is 16.3. The molecule has 0 unspecified atom stereocenters. The van der Waals surface area contributed by atoms with E-state index >= 15 is 0 Å². The molecule has 1 aliphatic heterocycles. The molecule has 138 valence electrons. The minimum atomic E-state index is -0.410. The molecule has 1 aliphatic rings. The SMILES string of the molecule is Cc1nc(NC(=O)Nc2ccc(Cl)cc2)sc1C(=O)N1CCC(C)CC1. The molecule has 2 N–H and O–H groups in total. The van der Waals surface area contributed by atoms with Gasteiger partial charge in [-0.05, 0) is 49.9 Å². The van der Waals surface area contributed by atoms with Crippen molar-refractivity contribution in [3.8, 4) is 0 Å². The summed E-state index contributed by atoms with van der Waals surface area (Å²) < 4.78 is 0. The van der Waals surface area contributed by atoms with Gasteiger partial charge < -0.3 is 10.2 Å². The van der Waals surface area contributed by atoms with Gasteiger partial charge in [0.15, 0.2) is 5.13 Å². The standard InChI is InChI=1S/C18H21ClN4O2S/c1-11-7-9-23(10-8-11)16(24)15-12(2)20-18(26-15)22-17(25)21-14-5-3-13(19)4-6-14/h3-6,11H,7-10H2,1-2H3,(H2,20,21,22,25). The van der Waals surface area contributed by atoms with Crippen molar-refractivity contribution in [1.82, 2.24) is 9.88 Å². The van der Waals surface area contributed by atoms with Gasteiger partial charge >= 0.3 is 6.03 Å². The predicted molar refractivity (Wildman–Crippen MR) is 105 cm³/mol. The van der Waals surface area contributed by atoms with Crippen LogP contribution in [0.1, 0.15) is 35.1 Å². The number of halogens is 1. The van der Waals surface area contributed by atoms with E-state index in [9.17, 15) is 9.59 Å². The van der Waals surface area contributed by atoms with Crippen molar-refractivity contribution in [2.24, 2.45) is 5.92 Å². The maximum absolute atomic E-state index is 12.7. The maximum atomic E-state index is 12.7. The number of aromatic nitrogens is 1. The number of rotatable bonds is 3. The van der Waals surface area contributed by atoms with Crippen molar-refractivity contribution in [2.45, 2.75) is 26.7 Å². The van der Waals surface area contributed by atoms with Gasteiger partial charge in [-0.3, -0.25) is 10.1 Å². The Morgan fingerprint density at radius 3 is 2.50 bits per heavy atom. The third-order valence-corrected chi connectivity index (χ3v) is 5.70. The van der Waals surface area contributed by atoms with Crippen molar-refractivity contribution >= 4 is 45.7 Å². The van der Waals surface area contributed by atoms with E-state index in [2.05, 4.69) is 22.5 Å². The van der Waals surface area contributed by atoms with Crippen LogP contribution < -0.4 is 10.6 Å². The first-order valence-electron chi connectivity index (χ1n) is 8.52. The highest BCUT2D eigenvalue weighted by molar-refractivity contribution is 7.17. The number of hydrogen-bond donors (Lipinski definition) is 2. The molecule has 0 bridgehead atoms. The van der Waals surface area contributed by atoms with E-state index in [1.165, 1.54) is 11.3 Å². The van der Waals surface area contributed by atoms with Crippen LogP contribution in [0.2, 0.25) is 5.02 Å². The summed E-state index contributed by atoms with van der Waals surface area (Å²) in [4.78, 5) is 31.6. The summed E-state index contributed by atoms with van der Waals surface area (Å²) in [7, 11) is 0. The lowest BCUT2D eigenvalue weighted by Gasteiger charge is -2.29. The normalized spacial score (nSPS) is 15.0. The van der Waals surface area contributed by atoms with E-state index < -0.39 is 6.03 Å². The summed E-state index contributed by atoms with van der Waals surface area (Å²) in [6.45, 7) is 5.55. The lowest BCUT2D eigenvalue weighted by molar-refractivity contribution is 0.0701. The number of hydrogen-bond acceptors (Lipinski definition) is 4. The van der Waals surface area contributed by atoms with Gasteiger partial charge in [0, 0.05) is 23.8 Å². The van der Waals surface area contributed by atoms with Crippen LogP contribution in [-0.4, -0.2) is 34.9 Å². The second-order valence-corrected chi connectivity index (χ2v) is 7.93. The first-order valence-corrected chi connectivity index (χ1v) is 9.72. The second kappa shape index (κ2) is 8.05. The molecular weight excluding hydrogens is 372 g/mol. The molecule has 0 spiro atoms. The van der Waals surface area contributed by atoms with E-state index in [1.54, 1.807) is 31.2 Å². The third kappa shape index (κ3) is 4.53. The fraction of sp³-hybridized carbons (Fsp3) is 0.389. The van der Waals surface area contributed by atoms with Crippen LogP contribution in [0.25, 0.3) is 0 Å². The summed E-state index contributed by atoms with van der Waals surface area (Å²) in [6, 6.07) is 6.40. The lowest BCUT2D eigenvalue weighted by atomic mass is 9.99. The molecule has 3 rings (SSSR count). The number of aryl methyl sites for hydroxylation is 1. The molecule has 1 aromatic carbocycles. The number of likely N-dealkylation sites (tertiary alicyclic amines) is 1. The van der Waals surface area contributed by atoms with Gasteiger partial charge in [0.05, 0.1) is 5.69 Å². The van der Waals surface area contributed by atoms with Crippen molar-refractivity contribution < 1.29 is 9.59 Å². The van der Waals surface area contributed by atoms with E-state index in [1.807, 2.05) is 4.90 Å². The summed E-state index contributed by atoms with van der Waals surface area (Å²) >= 11 is 7.04. The molecule has 1 aromatic heterocycles. The number of nitrogens with zero attached hydrogens (tertiary/aromatic N) is 2. The third-order valence-electron chi connectivity index (χ3n) is 4.38. The zero-order valence-electron chi connectivity index (χ0n) is 14.7. The monoisotopic (exact) mass is 392 g/mol. The Morgan fingerprint density at radius 2 is 1.85 bits per heavy atom. The average Bonchev–Trinajstić information content (AvgIpc) is 2.97. The molecule has 6 nitrogen and oxygen atoms in total. The minimum absolute atomic E-state index is 0.00180. The number of carbonyl (C=O) groups excluding carboxylic acids is 2. The first kappa shape index (κ1) is 18.7. The molecule has 1 saturated heterocycles. The number of carbonyl (C=O) groups is 2. The fourth-order valence-corrected chi connectivity index (χ4v) is 3.85. The van der Waals surface area contributed by atoms with Gasteiger partial charge in [0.2, 0.25) is 0 Å². The Labute approximate surface area is 161 Å². The van der Waals surface area contributed by atoms with Crippen molar-refractivity contribution in [3.05, 3.63) is 39.9 Å². The Hall–Kier alpha value is -2.12. The number of amides is 3. The molecule has 2 heterocycles. The van der Waals surface area contributed by atoms with Gasteiger partial charge in [-0.2, -0.15) is 0 Å². The number of benzene rings is 1. The highest BCUT2D eigenvalue weighted by Crippen LogP contribution is 2.26. The number of thiazole rings is 1. The highest BCUT2D eigenvalue weighted by Gasteiger charge is 2.25. The molecule has 0 aliphatic carbocycles. The predicted octanol–water partition coefficient (Wildman–Crippen LogP) is 4.62. The molecule has 26 heavy (non-hydrogen) atoms. The van der Waals surface area contributed by atoms with Crippen LogP contribution in [-0.2, 0) is 0 Å². The number of anilines is 2. The molecule has 8 heteroatoms. The van der Waals surface area contributed by atoms with Crippen LogP contribution in [0.5, 0.6) is 0 Å². The van der Waals surface area contributed by atoms with Crippen LogP contribution in [0, 0.1) is 12.8 Å². The van der Waals surface area contributed by atoms with Crippen LogP contribution in [0.4, 0.5) is 15.6 Å². The number of urea groups is 1. The summed E-state index contributed by atoms with van der Waals surface area (Å²) in [5.74, 6) is 0.661. The topological polar surface area (TPSA) is 74.3 Å². The molecule has 3 amide bonds. The Kier molecular flexibility index (Phi) is 5.78. The van der Waals surface area contributed by atoms with E-state index in [4.69, 9.17) is 11.6 Å². The molecule has 0 radical (unpaired) electrons. The maximum Gasteiger partial charge on any atom is 0.325 e. The Bertz CT molecular complexity index is 798. The first-order chi connectivity index (χ1) is 12.4. The number of nitrogens with one attached hydrogen (secondary N) is 2. The van der Waals surface area contributed by atoms with Crippen molar-refractivity contribution in [2.75, 3.05) is 23.7 Å². The fourth-order valence-electron chi connectivity index (χ4n) is 2.80. The summed E-state index contributed by atoms with van der Waals surface area (Å²) in [5.41, 5.74) is 1.26. The second-order valence-electron chi connectivity index (χ2n) is 6.49. The molecule has 2 aromatic rings. The molecule has 1 fully saturated rings. The van der Waals surface area contributed by atoms with Gasteiger partial charge in [0.25, 0.3) is 5.91 Å². The van der Waals surface area contributed by atoms with Crippen molar-refractivity contribution in [1.29, 1.82) is 0 Å². The van der Waals surface area contributed by atoms with Gasteiger partial charge in [-0.15, -0.1) is 0 Å².